The molecule has 0 unspecified atom stereocenters. The van der Waals surface area contributed by atoms with E-state index in [-0.39, 0.29) is 6.17 Å². The van der Waals surface area contributed by atoms with Gasteiger partial charge in [-0.3, -0.25) is 0 Å². The zero-order valence-electron chi connectivity index (χ0n) is 10.8. The molecule has 0 radical (unpaired) electrons. The average molecular weight is 231 g/mol. The summed E-state index contributed by atoms with van der Waals surface area (Å²) >= 11 is 0. The molecule has 0 amide bonds. The maximum absolute atomic E-state index is 6.19. The maximum Gasteiger partial charge on any atom is 0.0940 e. The van der Waals surface area contributed by atoms with Crippen molar-refractivity contribution in [1.29, 1.82) is 0 Å². The highest BCUT2D eigenvalue weighted by Crippen LogP contribution is 2.28. The van der Waals surface area contributed by atoms with Gasteiger partial charge in [0, 0.05) is 23.6 Å². The second kappa shape index (κ2) is 4.90. The number of benzene rings is 1. The van der Waals surface area contributed by atoms with Gasteiger partial charge in [0.05, 0.1) is 6.17 Å². The van der Waals surface area contributed by atoms with Crippen LogP contribution in [0.25, 0.3) is 10.9 Å². The molecule has 0 spiro atoms. The van der Waals surface area contributed by atoms with Gasteiger partial charge in [-0.15, -0.1) is 0 Å². The topological polar surface area (TPSA) is 43.0 Å². The molecule has 3 nitrogen and oxygen atoms in total. The standard InChI is InChI=1S/C14H21N3/c1-10(2)12-9-17(14(15)8-16-3)13-7-5-4-6-11(12)13/h4-7,9-10,14,16H,8,15H2,1-3H3/t14-/m0/s1. The van der Waals surface area contributed by atoms with Gasteiger partial charge in [-0.1, -0.05) is 32.0 Å². The molecule has 17 heavy (non-hydrogen) atoms. The average Bonchev–Trinajstić information content (AvgIpc) is 2.69. The number of aromatic nitrogens is 1. The number of nitrogens with one attached hydrogen (secondary N) is 1. The van der Waals surface area contributed by atoms with E-state index in [2.05, 4.69) is 54.2 Å². The van der Waals surface area contributed by atoms with Gasteiger partial charge in [0.25, 0.3) is 0 Å². The monoisotopic (exact) mass is 231 g/mol. The first-order valence-corrected chi connectivity index (χ1v) is 6.14. The maximum atomic E-state index is 6.19. The van der Waals surface area contributed by atoms with Crippen LogP contribution in [0, 0.1) is 0 Å². The Morgan fingerprint density at radius 3 is 2.65 bits per heavy atom. The van der Waals surface area contributed by atoms with E-state index in [1.807, 2.05) is 7.05 Å². The molecule has 92 valence electrons. The smallest absolute Gasteiger partial charge is 0.0940 e. The number of para-hydroxylation sites is 1. The Morgan fingerprint density at radius 1 is 1.29 bits per heavy atom. The highest BCUT2D eigenvalue weighted by atomic mass is 15.1. The van der Waals surface area contributed by atoms with Gasteiger partial charge in [-0.25, -0.2) is 0 Å². The van der Waals surface area contributed by atoms with Crippen molar-refractivity contribution in [3.8, 4) is 0 Å². The summed E-state index contributed by atoms with van der Waals surface area (Å²) in [6, 6.07) is 8.46. The Hall–Kier alpha value is -1.32. The Bertz CT molecular complexity index is 499. The van der Waals surface area contributed by atoms with Crippen molar-refractivity contribution < 1.29 is 0 Å². The molecule has 1 heterocycles. The Kier molecular flexibility index (Phi) is 3.50. The number of hydrogen-bond donors (Lipinski definition) is 2. The van der Waals surface area contributed by atoms with Crippen LogP contribution >= 0.6 is 0 Å². The van der Waals surface area contributed by atoms with E-state index in [4.69, 9.17) is 5.73 Å². The van der Waals surface area contributed by atoms with Crippen molar-refractivity contribution >= 4 is 10.9 Å². The van der Waals surface area contributed by atoms with Gasteiger partial charge in [0.2, 0.25) is 0 Å². The van der Waals surface area contributed by atoms with E-state index < -0.39 is 0 Å². The van der Waals surface area contributed by atoms with E-state index in [0.717, 1.165) is 6.54 Å². The first-order valence-electron chi connectivity index (χ1n) is 6.14. The number of fused-ring (bicyclic) bond motifs is 1. The molecule has 2 aromatic rings. The predicted octanol–water partition coefficient (Wildman–Crippen LogP) is 2.44. The second-order valence-electron chi connectivity index (χ2n) is 4.79. The third-order valence-corrected chi connectivity index (χ3v) is 3.16. The van der Waals surface area contributed by atoms with Crippen LogP contribution in [-0.4, -0.2) is 18.2 Å². The van der Waals surface area contributed by atoms with Crippen molar-refractivity contribution in [2.75, 3.05) is 13.6 Å². The summed E-state index contributed by atoms with van der Waals surface area (Å²) in [6.07, 6.45) is 2.18. The Labute approximate surface area is 103 Å². The van der Waals surface area contributed by atoms with Crippen molar-refractivity contribution in [1.82, 2.24) is 9.88 Å². The minimum atomic E-state index is -0.0163. The van der Waals surface area contributed by atoms with Gasteiger partial charge >= 0.3 is 0 Å². The summed E-state index contributed by atoms with van der Waals surface area (Å²) in [5.41, 5.74) is 8.77. The summed E-state index contributed by atoms with van der Waals surface area (Å²) in [6.45, 7) is 5.21. The van der Waals surface area contributed by atoms with Crippen LogP contribution in [0.2, 0.25) is 0 Å². The molecule has 0 aliphatic heterocycles. The molecule has 0 fully saturated rings. The fraction of sp³-hybridized carbons (Fsp3) is 0.429. The number of nitrogens with two attached hydrogens (primary N) is 1. The molecular formula is C14H21N3. The highest BCUT2D eigenvalue weighted by molar-refractivity contribution is 5.84. The summed E-state index contributed by atoms with van der Waals surface area (Å²) < 4.78 is 2.17. The van der Waals surface area contributed by atoms with Crippen molar-refractivity contribution in [2.24, 2.45) is 5.73 Å². The largest absolute Gasteiger partial charge is 0.330 e. The normalized spacial score (nSPS) is 13.5. The van der Waals surface area contributed by atoms with Crippen molar-refractivity contribution in [3.05, 3.63) is 36.0 Å². The number of hydrogen-bond acceptors (Lipinski definition) is 2. The molecule has 3 N–H and O–H groups in total. The van der Waals surface area contributed by atoms with Crippen LogP contribution < -0.4 is 11.1 Å². The fourth-order valence-electron chi connectivity index (χ4n) is 2.27. The molecule has 0 aliphatic carbocycles. The molecule has 1 atom stereocenters. The van der Waals surface area contributed by atoms with Crippen LogP contribution in [-0.2, 0) is 0 Å². The molecule has 1 aromatic heterocycles. The predicted molar refractivity (Wildman–Crippen MR) is 73.2 cm³/mol. The second-order valence-corrected chi connectivity index (χ2v) is 4.79. The lowest BCUT2D eigenvalue weighted by atomic mass is 10.0. The van der Waals surface area contributed by atoms with Crippen LogP contribution in [0.1, 0.15) is 31.5 Å². The Balaban J connectivity index is 2.56. The molecule has 3 heteroatoms. The van der Waals surface area contributed by atoms with Gasteiger partial charge < -0.3 is 15.6 Å². The van der Waals surface area contributed by atoms with E-state index in [9.17, 15) is 0 Å². The zero-order valence-corrected chi connectivity index (χ0v) is 10.8. The van der Waals surface area contributed by atoms with Crippen molar-refractivity contribution in [3.63, 3.8) is 0 Å². The van der Waals surface area contributed by atoms with Gasteiger partial charge in [-0.2, -0.15) is 0 Å². The van der Waals surface area contributed by atoms with Gasteiger partial charge in [0.15, 0.2) is 0 Å². The molecule has 0 saturated heterocycles. The minimum Gasteiger partial charge on any atom is -0.330 e. The lowest BCUT2D eigenvalue weighted by molar-refractivity contribution is 0.508. The SMILES string of the molecule is CNC[C@@H](N)n1cc(C(C)C)c2ccccc21. The molecule has 0 aliphatic rings. The lowest BCUT2D eigenvalue weighted by Crippen LogP contribution is -2.28. The first kappa shape index (κ1) is 12.1. The number of rotatable bonds is 4. The van der Waals surface area contributed by atoms with E-state index >= 15 is 0 Å². The third-order valence-electron chi connectivity index (χ3n) is 3.16. The molecular weight excluding hydrogens is 210 g/mol. The van der Waals surface area contributed by atoms with E-state index in [1.54, 1.807) is 0 Å². The summed E-state index contributed by atoms with van der Waals surface area (Å²) in [4.78, 5) is 0. The van der Waals surface area contributed by atoms with E-state index in [0.29, 0.717) is 5.92 Å². The summed E-state index contributed by atoms with van der Waals surface area (Å²) in [5, 5.41) is 4.44. The van der Waals surface area contributed by atoms with E-state index in [1.165, 1.54) is 16.5 Å². The first-order chi connectivity index (χ1) is 8.15. The quantitative estimate of drug-likeness (QED) is 0.848. The molecule has 1 aromatic carbocycles. The molecule has 0 bridgehead atoms. The zero-order chi connectivity index (χ0) is 12.4. The lowest BCUT2D eigenvalue weighted by Gasteiger charge is -2.14. The highest BCUT2D eigenvalue weighted by Gasteiger charge is 2.13. The summed E-state index contributed by atoms with van der Waals surface area (Å²) in [5.74, 6) is 0.517. The van der Waals surface area contributed by atoms with Crippen molar-refractivity contribution in [2.45, 2.75) is 25.9 Å². The Morgan fingerprint density at radius 2 is 2.00 bits per heavy atom. The van der Waals surface area contributed by atoms with Gasteiger partial charge in [0.1, 0.15) is 0 Å². The molecule has 2 rings (SSSR count). The third kappa shape index (κ3) is 2.21. The molecule has 0 saturated carbocycles. The van der Waals surface area contributed by atoms with Crippen LogP contribution in [0.3, 0.4) is 0 Å². The number of nitrogens with zero attached hydrogens (tertiary/aromatic N) is 1. The fourth-order valence-corrected chi connectivity index (χ4v) is 2.27. The minimum absolute atomic E-state index is 0.0163. The summed E-state index contributed by atoms with van der Waals surface area (Å²) in [7, 11) is 1.93. The van der Waals surface area contributed by atoms with Crippen LogP contribution in [0.15, 0.2) is 30.5 Å². The van der Waals surface area contributed by atoms with Crippen LogP contribution in [0.5, 0.6) is 0 Å². The van der Waals surface area contributed by atoms with Gasteiger partial charge in [-0.05, 0) is 24.6 Å². The number of likely N-dealkylation sites (N-methyl/N-ethyl adjacent to an activating group) is 1. The van der Waals surface area contributed by atoms with Crippen LogP contribution in [0.4, 0.5) is 0 Å².